The first-order valence-corrected chi connectivity index (χ1v) is 6.03. The number of aliphatic hydroxyl groups excluding tert-OH is 2. The molecule has 0 saturated heterocycles. The maximum atomic E-state index is 10.2. The minimum absolute atomic E-state index is 0.535. The van der Waals surface area contributed by atoms with Gasteiger partial charge < -0.3 is 10.2 Å². The second-order valence-electron chi connectivity index (χ2n) is 4.18. The molecule has 18 heavy (non-hydrogen) atoms. The van der Waals surface area contributed by atoms with Crippen molar-refractivity contribution in [3.63, 3.8) is 0 Å². The fourth-order valence-electron chi connectivity index (χ4n) is 1.87. The molecule has 2 aromatic rings. The van der Waals surface area contributed by atoms with Crippen LogP contribution >= 0.6 is 0 Å². The molecule has 5 heteroatoms. The van der Waals surface area contributed by atoms with Crippen molar-refractivity contribution < 1.29 is 10.2 Å². The van der Waals surface area contributed by atoms with Crippen molar-refractivity contribution in [3.8, 4) is 0 Å². The van der Waals surface area contributed by atoms with Crippen LogP contribution in [0.3, 0.4) is 0 Å². The Bertz CT molecular complexity index is 484. The van der Waals surface area contributed by atoms with Crippen molar-refractivity contribution in [1.29, 1.82) is 0 Å². The van der Waals surface area contributed by atoms with E-state index in [9.17, 15) is 10.2 Å². The third-order valence-electron chi connectivity index (χ3n) is 2.83. The summed E-state index contributed by atoms with van der Waals surface area (Å²) in [4.78, 5) is 0. The van der Waals surface area contributed by atoms with E-state index in [-0.39, 0.29) is 0 Å². The zero-order valence-corrected chi connectivity index (χ0v) is 10.3. The molecule has 1 aromatic carbocycles. The second kappa shape index (κ2) is 5.75. The molecule has 2 unspecified atom stereocenters. The van der Waals surface area contributed by atoms with Crippen molar-refractivity contribution in [2.45, 2.75) is 32.1 Å². The molecule has 2 atom stereocenters. The van der Waals surface area contributed by atoms with Crippen molar-refractivity contribution in [2.75, 3.05) is 0 Å². The lowest BCUT2D eigenvalue weighted by Gasteiger charge is -2.18. The number of rotatable bonds is 5. The first-order valence-electron chi connectivity index (χ1n) is 6.03. The Morgan fingerprint density at radius 1 is 1.17 bits per heavy atom. The smallest absolute Gasteiger partial charge is 0.127 e. The lowest BCUT2D eigenvalue weighted by Crippen LogP contribution is -2.15. The molecule has 1 aromatic heterocycles. The van der Waals surface area contributed by atoms with Gasteiger partial charge in [0.25, 0.3) is 0 Å². The molecule has 0 saturated carbocycles. The van der Waals surface area contributed by atoms with Gasteiger partial charge in [-0.1, -0.05) is 42.5 Å². The highest BCUT2D eigenvalue weighted by Gasteiger charge is 2.23. The van der Waals surface area contributed by atoms with Crippen molar-refractivity contribution >= 4 is 0 Å². The molecule has 2 rings (SSSR count). The van der Waals surface area contributed by atoms with E-state index >= 15 is 0 Å². The summed E-state index contributed by atoms with van der Waals surface area (Å²) < 4.78 is 1.62. The number of nitrogens with zero attached hydrogens (tertiary/aromatic N) is 3. The molecule has 0 bridgehead atoms. The van der Waals surface area contributed by atoms with E-state index in [0.29, 0.717) is 17.8 Å². The van der Waals surface area contributed by atoms with Gasteiger partial charge in [0.2, 0.25) is 0 Å². The fourth-order valence-corrected chi connectivity index (χ4v) is 1.87. The lowest BCUT2D eigenvalue weighted by molar-refractivity contribution is 0.0117. The zero-order chi connectivity index (χ0) is 13.0. The topological polar surface area (TPSA) is 71.2 Å². The first-order chi connectivity index (χ1) is 8.74. The molecule has 0 aliphatic heterocycles. The van der Waals surface area contributed by atoms with Gasteiger partial charge in [-0.25, -0.2) is 4.68 Å². The fraction of sp³-hybridized carbons (Fsp3) is 0.385. The van der Waals surface area contributed by atoms with Crippen molar-refractivity contribution in [2.24, 2.45) is 0 Å². The summed E-state index contributed by atoms with van der Waals surface area (Å²) in [6, 6.07) is 9.08. The first kappa shape index (κ1) is 12.7. The standard InChI is InChI=1S/C13H17N3O2/c1-2-8-16-11(9-14-15-16)13(18)12(17)10-6-4-3-5-7-10/h3-7,9,12-13,17-18H,2,8H2,1H3. The maximum Gasteiger partial charge on any atom is 0.127 e. The van der Waals surface area contributed by atoms with E-state index in [2.05, 4.69) is 10.3 Å². The third kappa shape index (κ3) is 2.57. The SMILES string of the molecule is CCCn1nncc1C(O)C(O)c1ccccc1. The van der Waals surface area contributed by atoms with Crippen LogP contribution in [0.1, 0.15) is 36.8 Å². The van der Waals surface area contributed by atoms with Gasteiger partial charge in [0.1, 0.15) is 12.2 Å². The molecule has 96 valence electrons. The van der Waals surface area contributed by atoms with Gasteiger partial charge in [-0.15, -0.1) is 5.10 Å². The Kier molecular flexibility index (Phi) is 4.07. The van der Waals surface area contributed by atoms with E-state index in [1.54, 1.807) is 16.8 Å². The van der Waals surface area contributed by atoms with Crippen LogP contribution in [0.4, 0.5) is 0 Å². The Balaban J connectivity index is 2.20. The van der Waals surface area contributed by atoms with E-state index in [4.69, 9.17) is 0 Å². The predicted molar refractivity (Wildman–Crippen MR) is 66.7 cm³/mol. The Morgan fingerprint density at radius 2 is 1.89 bits per heavy atom. The third-order valence-corrected chi connectivity index (χ3v) is 2.83. The number of hydrogen-bond donors (Lipinski definition) is 2. The van der Waals surface area contributed by atoms with Gasteiger partial charge in [-0.3, -0.25) is 0 Å². The predicted octanol–water partition coefficient (Wildman–Crippen LogP) is 1.46. The maximum absolute atomic E-state index is 10.2. The quantitative estimate of drug-likeness (QED) is 0.839. The molecule has 0 radical (unpaired) electrons. The average molecular weight is 247 g/mol. The summed E-state index contributed by atoms with van der Waals surface area (Å²) in [6.45, 7) is 2.69. The number of benzene rings is 1. The van der Waals surface area contributed by atoms with Crippen LogP contribution in [-0.2, 0) is 6.54 Å². The summed E-state index contributed by atoms with van der Waals surface area (Å²) in [7, 11) is 0. The summed E-state index contributed by atoms with van der Waals surface area (Å²) in [5.74, 6) is 0. The highest BCUT2D eigenvalue weighted by Crippen LogP contribution is 2.27. The van der Waals surface area contributed by atoms with E-state index in [1.165, 1.54) is 6.20 Å². The summed E-state index contributed by atoms with van der Waals surface area (Å²) in [5.41, 5.74) is 1.21. The molecule has 1 heterocycles. The molecular weight excluding hydrogens is 230 g/mol. The molecule has 0 fully saturated rings. The number of hydrogen-bond acceptors (Lipinski definition) is 4. The monoisotopic (exact) mass is 247 g/mol. The van der Waals surface area contributed by atoms with Gasteiger partial charge in [0, 0.05) is 6.54 Å². The van der Waals surface area contributed by atoms with Crippen LogP contribution in [0, 0.1) is 0 Å². The summed E-state index contributed by atoms with van der Waals surface area (Å²) in [5, 5.41) is 28.0. The molecular formula is C13H17N3O2. The Morgan fingerprint density at radius 3 is 2.56 bits per heavy atom. The van der Waals surface area contributed by atoms with Gasteiger partial charge in [-0.05, 0) is 12.0 Å². The largest absolute Gasteiger partial charge is 0.385 e. The van der Waals surface area contributed by atoms with E-state index in [0.717, 1.165) is 6.42 Å². The zero-order valence-electron chi connectivity index (χ0n) is 10.3. The number of aliphatic hydroxyl groups is 2. The van der Waals surface area contributed by atoms with Crippen LogP contribution in [0.25, 0.3) is 0 Å². The molecule has 5 nitrogen and oxygen atoms in total. The summed E-state index contributed by atoms with van der Waals surface area (Å²) in [6.07, 6.45) is 0.394. The average Bonchev–Trinajstić information content (AvgIpc) is 2.87. The Labute approximate surface area is 106 Å². The van der Waals surface area contributed by atoms with E-state index in [1.807, 2.05) is 25.1 Å². The van der Waals surface area contributed by atoms with Crippen LogP contribution in [0.2, 0.25) is 0 Å². The van der Waals surface area contributed by atoms with Gasteiger partial charge >= 0.3 is 0 Å². The van der Waals surface area contributed by atoms with Gasteiger partial charge in [-0.2, -0.15) is 0 Å². The van der Waals surface area contributed by atoms with Crippen molar-refractivity contribution in [1.82, 2.24) is 15.0 Å². The minimum atomic E-state index is -1.02. The summed E-state index contributed by atoms with van der Waals surface area (Å²) >= 11 is 0. The Hall–Kier alpha value is -1.72. The van der Waals surface area contributed by atoms with Crippen LogP contribution < -0.4 is 0 Å². The normalized spacial score (nSPS) is 14.4. The minimum Gasteiger partial charge on any atom is -0.385 e. The van der Waals surface area contributed by atoms with E-state index < -0.39 is 12.2 Å². The molecule has 0 spiro atoms. The highest BCUT2D eigenvalue weighted by molar-refractivity contribution is 5.20. The van der Waals surface area contributed by atoms with Crippen LogP contribution in [0.15, 0.2) is 36.5 Å². The van der Waals surface area contributed by atoms with Crippen LogP contribution in [0.5, 0.6) is 0 Å². The lowest BCUT2D eigenvalue weighted by atomic mass is 10.0. The highest BCUT2D eigenvalue weighted by atomic mass is 16.3. The number of aromatic nitrogens is 3. The van der Waals surface area contributed by atoms with Crippen molar-refractivity contribution in [3.05, 3.63) is 47.8 Å². The second-order valence-corrected chi connectivity index (χ2v) is 4.18. The van der Waals surface area contributed by atoms with Crippen LogP contribution in [-0.4, -0.2) is 25.2 Å². The molecule has 0 aliphatic rings. The molecule has 2 N–H and O–H groups in total. The van der Waals surface area contributed by atoms with Gasteiger partial charge in [0.05, 0.1) is 11.9 Å². The van der Waals surface area contributed by atoms with Gasteiger partial charge in [0.15, 0.2) is 0 Å². The molecule has 0 aliphatic carbocycles. The number of aryl methyl sites for hydroxylation is 1. The molecule has 0 amide bonds.